The Kier molecular flexibility index (Phi) is 14.0. The highest BCUT2D eigenvalue weighted by Gasteiger charge is 2.28. The number of hydrogen-bond acceptors (Lipinski definition) is 7. The van der Waals surface area contributed by atoms with E-state index in [1.165, 1.54) is 22.3 Å². The summed E-state index contributed by atoms with van der Waals surface area (Å²) in [7, 11) is 0. The van der Waals surface area contributed by atoms with Gasteiger partial charge < -0.3 is 33.7 Å². The van der Waals surface area contributed by atoms with Gasteiger partial charge in [-0.05, 0) is 28.7 Å². The van der Waals surface area contributed by atoms with Crippen LogP contribution in [0.15, 0.2) is 48.5 Å². The highest BCUT2D eigenvalue weighted by molar-refractivity contribution is 5.79. The number of amides is 1. The van der Waals surface area contributed by atoms with E-state index in [0.29, 0.717) is 79.0 Å². The molecule has 2 aromatic rings. The van der Waals surface area contributed by atoms with Crippen LogP contribution in [0.2, 0.25) is 0 Å². The van der Waals surface area contributed by atoms with E-state index in [0.717, 1.165) is 0 Å². The maximum absolute atomic E-state index is 12.2. The average molecular weight is 520 g/mol. The van der Waals surface area contributed by atoms with Gasteiger partial charge in [-0.3, -0.25) is 0 Å². The zero-order valence-electron chi connectivity index (χ0n) is 21.3. The van der Waals surface area contributed by atoms with E-state index >= 15 is 0 Å². The molecule has 8 nitrogen and oxygen atoms in total. The molecule has 0 saturated carbocycles. The van der Waals surface area contributed by atoms with E-state index in [1.807, 2.05) is 24.3 Å². The van der Waals surface area contributed by atoms with Crippen molar-refractivity contribution in [1.82, 2.24) is 5.32 Å². The van der Waals surface area contributed by atoms with Crippen LogP contribution >= 0.6 is 0 Å². The van der Waals surface area contributed by atoms with Gasteiger partial charge in [-0.15, -0.1) is 0 Å². The fourth-order valence-electron chi connectivity index (χ4n) is 4.05. The lowest BCUT2D eigenvalue weighted by Gasteiger charge is -2.14. The first kappa shape index (κ1) is 29.0. The Morgan fingerprint density at radius 2 is 1.14 bits per heavy atom. The largest absolute Gasteiger partial charge is 0.449 e. The number of alkyl carbamates (subject to hydrolysis) is 1. The van der Waals surface area contributed by atoms with Crippen molar-refractivity contribution in [2.45, 2.75) is 12.3 Å². The second-order valence-corrected chi connectivity index (χ2v) is 8.36. The van der Waals surface area contributed by atoms with Crippen molar-refractivity contribution >= 4 is 6.09 Å². The predicted molar refractivity (Wildman–Crippen MR) is 138 cm³/mol. The van der Waals surface area contributed by atoms with E-state index < -0.39 is 12.8 Å². The molecule has 1 aliphatic rings. The summed E-state index contributed by atoms with van der Waals surface area (Å²) < 4.78 is 43.9. The number of hydrogen-bond donors (Lipinski definition) is 1. The standard InChI is InChI=1S/C28H38FNO7/c29-10-13-33-15-17-35-19-21-36-20-18-34-16-14-32-12-5-11-30-28(31)37-22-27-25-8-3-1-6-23(25)24-7-2-4-9-26(24)27/h1-4,6-9,27H,5,10-22H2,(H,30,31). The Morgan fingerprint density at radius 3 is 1.65 bits per heavy atom. The summed E-state index contributed by atoms with van der Waals surface area (Å²) in [6, 6.07) is 16.5. The summed E-state index contributed by atoms with van der Waals surface area (Å²) in [4.78, 5) is 12.2. The molecule has 0 unspecified atom stereocenters. The molecule has 0 aliphatic heterocycles. The van der Waals surface area contributed by atoms with Crippen LogP contribution in [0.3, 0.4) is 0 Å². The van der Waals surface area contributed by atoms with Gasteiger partial charge in [0.25, 0.3) is 0 Å². The second kappa shape index (κ2) is 17.8. The van der Waals surface area contributed by atoms with Gasteiger partial charge in [-0.1, -0.05) is 48.5 Å². The summed E-state index contributed by atoms with van der Waals surface area (Å²) in [5.41, 5.74) is 4.81. The monoisotopic (exact) mass is 519 g/mol. The molecule has 1 amide bonds. The molecule has 2 aromatic carbocycles. The van der Waals surface area contributed by atoms with E-state index in [-0.39, 0.29) is 12.5 Å². The average Bonchev–Trinajstić information content (AvgIpc) is 3.25. The van der Waals surface area contributed by atoms with Gasteiger partial charge in [-0.2, -0.15) is 0 Å². The number of carbonyl (C=O) groups is 1. The van der Waals surface area contributed by atoms with Crippen molar-refractivity contribution in [3.8, 4) is 11.1 Å². The molecule has 0 fully saturated rings. The Morgan fingerprint density at radius 1 is 0.676 bits per heavy atom. The molecule has 37 heavy (non-hydrogen) atoms. The Bertz CT molecular complexity index is 868. The first-order valence-corrected chi connectivity index (χ1v) is 12.8. The lowest BCUT2D eigenvalue weighted by Crippen LogP contribution is -2.27. The second-order valence-electron chi connectivity index (χ2n) is 8.36. The van der Waals surface area contributed by atoms with E-state index in [4.69, 9.17) is 28.4 Å². The molecule has 0 bridgehead atoms. The third kappa shape index (κ3) is 10.4. The number of alkyl halides is 1. The lowest BCUT2D eigenvalue weighted by atomic mass is 9.98. The molecule has 1 N–H and O–H groups in total. The highest BCUT2D eigenvalue weighted by Crippen LogP contribution is 2.44. The van der Waals surface area contributed by atoms with E-state index in [2.05, 4.69) is 29.6 Å². The van der Waals surface area contributed by atoms with E-state index in [9.17, 15) is 9.18 Å². The zero-order valence-corrected chi connectivity index (χ0v) is 21.3. The first-order chi connectivity index (χ1) is 18.3. The van der Waals surface area contributed by atoms with Crippen LogP contribution < -0.4 is 5.32 Å². The van der Waals surface area contributed by atoms with Crippen LogP contribution in [0, 0.1) is 0 Å². The molecular formula is C28H38FNO7. The molecule has 1 aliphatic carbocycles. The maximum Gasteiger partial charge on any atom is 0.407 e. The molecule has 204 valence electrons. The number of ether oxygens (including phenoxy) is 6. The minimum absolute atomic E-state index is 0.0550. The first-order valence-electron chi connectivity index (χ1n) is 12.8. The summed E-state index contributed by atoms with van der Waals surface area (Å²) in [6.07, 6.45) is 0.271. The van der Waals surface area contributed by atoms with E-state index in [1.54, 1.807) is 0 Å². The Labute approximate surface area is 218 Å². The molecule has 0 heterocycles. The fourth-order valence-corrected chi connectivity index (χ4v) is 4.05. The molecule has 0 radical (unpaired) electrons. The van der Waals surface area contributed by atoms with Crippen molar-refractivity contribution in [2.75, 3.05) is 85.9 Å². The van der Waals surface area contributed by atoms with Gasteiger partial charge in [0.15, 0.2) is 0 Å². The van der Waals surface area contributed by atoms with Gasteiger partial charge >= 0.3 is 6.09 Å². The summed E-state index contributed by atoms with van der Waals surface area (Å²) in [5, 5.41) is 2.79. The maximum atomic E-state index is 12.2. The molecular weight excluding hydrogens is 481 g/mol. The molecule has 0 atom stereocenters. The molecule has 0 aromatic heterocycles. The van der Waals surface area contributed by atoms with Crippen molar-refractivity contribution in [3.05, 3.63) is 59.7 Å². The quantitative estimate of drug-likeness (QED) is 0.265. The number of rotatable bonds is 20. The van der Waals surface area contributed by atoms with Gasteiger partial charge in [-0.25, -0.2) is 9.18 Å². The lowest BCUT2D eigenvalue weighted by molar-refractivity contribution is -0.0118. The van der Waals surface area contributed by atoms with Gasteiger partial charge in [0, 0.05) is 19.1 Å². The van der Waals surface area contributed by atoms with Crippen LogP contribution in [0.5, 0.6) is 0 Å². The van der Waals surface area contributed by atoms with Gasteiger partial charge in [0.2, 0.25) is 0 Å². The zero-order chi connectivity index (χ0) is 26.0. The SMILES string of the molecule is O=C(NCCCOCCOCCOCCOCCOCCF)OCC1c2ccccc2-c2ccccc21. The number of benzene rings is 2. The fraction of sp³-hybridized carbons (Fsp3) is 0.536. The number of halogens is 1. The number of nitrogens with one attached hydrogen (secondary N) is 1. The normalized spacial score (nSPS) is 12.4. The highest BCUT2D eigenvalue weighted by atomic mass is 19.1. The van der Waals surface area contributed by atoms with Crippen molar-refractivity contribution < 1.29 is 37.6 Å². The molecule has 0 spiro atoms. The minimum atomic E-state index is -0.477. The van der Waals surface area contributed by atoms with Crippen LogP contribution in [0.1, 0.15) is 23.5 Å². The topological polar surface area (TPSA) is 84.5 Å². The predicted octanol–water partition coefficient (Wildman–Crippen LogP) is 3.97. The number of fused-ring (bicyclic) bond motifs is 3. The smallest absolute Gasteiger partial charge is 0.407 e. The molecule has 3 rings (SSSR count). The van der Waals surface area contributed by atoms with Crippen molar-refractivity contribution in [3.63, 3.8) is 0 Å². The van der Waals surface area contributed by atoms with Crippen molar-refractivity contribution in [2.24, 2.45) is 0 Å². The minimum Gasteiger partial charge on any atom is -0.449 e. The summed E-state index contributed by atoms with van der Waals surface area (Å²) in [6.45, 7) is 4.61. The third-order valence-corrected chi connectivity index (χ3v) is 5.79. The van der Waals surface area contributed by atoms with Crippen LogP contribution in [-0.2, 0) is 28.4 Å². The van der Waals surface area contributed by atoms with Crippen LogP contribution in [0.4, 0.5) is 9.18 Å². The number of carbonyl (C=O) groups excluding carboxylic acids is 1. The van der Waals surface area contributed by atoms with Gasteiger partial charge in [0.1, 0.15) is 13.3 Å². The molecule has 0 saturated heterocycles. The summed E-state index contributed by atoms with van der Waals surface area (Å²) >= 11 is 0. The van der Waals surface area contributed by atoms with Gasteiger partial charge in [0.05, 0.1) is 59.5 Å². The summed E-state index contributed by atoms with van der Waals surface area (Å²) in [5.74, 6) is 0.0550. The Hall–Kier alpha value is -2.56. The Balaban J connectivity index is 1.12. The third-order valence-electron chi connectivity index (χ3n) is 5.79. The van der Waals surface area contributed by atoms with Crippen LogP contribution in [-0.4, -0.2) is 92.0 Å². The van der Waals surface area contributed by atoms with Crippen LogP contribution in [0.25, 0.3) is 11.1 Å². The van der Waals surface area contributed by atoms with Crippen molar-refractivity contribution in [1.29, 1.82) is 0 Å². The molecule has 9 heteroatoms.